The second-order valence-corrected chi connectivity index (χ2v) is 6.59. The summed E-state index contributed by atoms with van der Waals surface area (Å²) in [5.74, 6) is 0.783. The molecule has 2 rings (SSSR count). The lowest BCUT2D eigenvalue weighted by molar-refractivity contribution is 0.0191. The predicted octanol–water partition coefficient (Wildman–Crippen LogP) is 1.62. The minimum Gasteiger partial charge on any atom is -0.377 e. The van der Waals surface area contributed by atoms with Crippen molar-refractivity contribution in [2.75, 3.05) is 33.4 Å². The van der Waals surface area contributed by atoms with Crippen molar-refractivity contribution in [1.29, 1.82) is 0 Å². The van der Waals surface area contributed by atoms with Crippen molar-refractivity contribution in [3.05, 3.63) is 15.6 Å². The molecule has 7 heteroatoms. The fourth-order valence-electron chi connectivity index (χ4n) is 2.35. The lowest BCUT2D eigenvalue weighted by atomic mass is 10.2. The summed E-state index contributed by atoms with van der Waals surface area (Å²) in [5, 5.41) is 7.65. The molecule has 124 valence electrons. The van der Waals surface area contributed by atoms with Crippen LogP contribution in [0.3, 0.4) is 0 Å². The van der Waals surface area contributed by atoms with E-state index in [1.54, 1.807) is 18.4 Å². The quantitative estimate of drug-likeness (QED) is 0.453. The molecule has 1 aromatic heterocycles. The van der Waals surface area contributed by atoms with Crippen LogP contribution in [0.25, 0.3) is 0 Å². The monoisotopic (exact) mass is 326 g/mol. The van der Waals surface area contributed by atoms with Crippen LogP contribution >= 0.6 is 11.3 Å². The molecule has 0 radical (unpaired) electrons. The molecule has 0 saturated carbocycles. The largest absolute Gasteiger partial charge is 0.377 e. The molecule has 1 atom stereocenters. The third-order valence-corrected chi connectivity index (χ3v) is 4.58. The van der Waals surface area contributed by atoms with Gasteiger partial charge in [-0.2, -0.15) is 0 Å². The van der Waals surface area contributed by atoms with Crippen molar-refractivity contribution in [1.82, 2.24) is 15.6 Å². The van der Waals surface area contributed by atoms with Gasteiger partial charge in [-0.15, -0.1) is 11.3 Å². The number of aryl methyl sites for hydroxylation is 2. The number of aromatic nitrogens is 1. The van der Waals surface area contributed by atoms with Crippen LogP contribution in [0.1, 0.15) is 28.4 Å². The van der Waals surface area contributed by atoms with Crippen LogP contribution in [0.2, 0.25) is 0 Å². The van der Waals surface area contributed by atoms with Crippen molar-refractivity contribution in [2.45, 2.75) is 39.3 Å². The molecular weight excluding hydrogens is 300 g/mol. The van der Waals surface area contributed by atoms with Gasteiger partial charge in [-0.1, -0.05) is 0 Å². The van der Waals surface area contributed by atoms with Crippen LogP contribution in [-0.2, 0) is 16.0 Å². The van der Waals surface area contributed by atoms with E-state index >= 15 is 0 Å². The molecule has 2 N–H and O–H groups in total. The van der Waals surface area contributed by atoms with Gasteiger partial charge in [0.25, 0.3) is 0 Å². The van der Waals surface area contributed by atoms with E-state index in [9.17, 15) is 0 Å². The number of nitrogens with one attached hydrogen (secondary N) is 2. The second kappa shape index (κ2) is 9.07. The molecule has 0 spiro atoms. The molecule has 0 aliphatic carbocycles. The number of nitrogens with zero attached hydrogens (tertiary/aromatic N) is 2. The van der Waals surface area contributed by atoms with Crippen LogP contribution in [0.15, 0.2) is 4.99 Å². The molecule has 0 aromatic carbocycles. The molecule has 1 aliphatic rings. The summed E-state index contributed by atoms with van der Waals surface area (Å²) in [6.45, 7) is 7.75. The summed E-state index contributed by atoms with van der Waals surface area (Å²) >= 11 is 1.72. The smallest absolute Gasteiger partial charge is 0.191 e. The molecule has 1 saturated heterocycles. The standard InChI is InChI=1S/C15H26N4O2S/c1-11-14(22-12(2)19-11)9-18-15(16-3)17-6-8-20-10-13-5-4-7-21-13/h13H,4-10H2,1-3H3,(H2,16,17,18). The molecule has 6 nitrogen and oxygen atoms in total. The molecule has 0 amide bonds. The molecular formula is C15H26N4O2S. The highest BCUT2D eigenvalue weighted by Gasteiger charge is 2.14. The van der Waals surface area contributed by atoms with E-state index in [1.807, 2.05) is 13.8 Å². The third-order valence-electron chi connectivity index (χ3n) is 3.51. The minimum absolute atomic E-state index is 0.287. The van der Waals surface area contributed by atoms with Crippen LogP contribution in [0, 0.1) is 13.8 Å². The van der Waals surface area contributed by atoms with Crippen molar-refractivity contribution in [3.63, 3.8) is 0 Å². The Hall–Kier alpha value is -1.18. The Morgan fingerprint density at radius 2 is 2.32 bits per heavy atom. The Balaban J connectivity index is 1.59. The highest BCUT2D eigenvalue weighted by atomic mass is 32.1. The van der Waals surface area contributed by atoms with Gasteiger partial charge in [0.15, 0.2) is 5.96 Å². The topological polar surface area (TPSA) is 67.8 Å². The van der Waals surface area contributed by atoms with Gasteiger partial charge in [-0.3, -0.25) is 4.99 Å². The zero-order chi connectivity index (χ0) is 15.8. The van der Waals surface area contributed by atoms with E-state index in [4.69, 9.17) is 9.47 Å². The van der Waals surface area contributed by atoms with E-state index < -0.39 is 0 Å². The van der Waals surface area contributed by atoms with Crippen molar-refractivity contribution < 1.29 is 9.47 Å². The number of thiazole rings is 1. The maximum atomic E-state index is 5.62. The predicted molar refractivity (Wildman–Crippen MR) is 89.6 cm³/mol. The Labute approximate surface area is 136 Å². The minimum atomic E-state index is 0.287. The molecule has 0 bridgehead atoms. The molecule has 1 unspecified atom stereocenters. The maximum absolute atomic E-state index is 5.62. The summed E-state index contributed by atoms with van der Waals surface area (Å²) in [6.07, 6.45) is 2.55. The Morgan fingerprint density at radius 1 is 1.45 bits per heavy atom. The van der Waals surface area contributed by atoms with Gasteiger partial charge in [0, 0.05) is 25.1 Å². The van der Waals surface area contributed by atoms with Gasteiger partial charge in [-0.25, -0.2) is 4.98 Å². The SMILES string of the molecule is CN=C(NCCOCC1CCCO1)NCc1sc(C)nc1C. The normalized spacial score (nSPS) is 18.7. The molecule has 1 aliphatic heterocycles. The lowest BCUT2D eigenvalue weighted by Gasteiger charge is -2.13. The van der Waals surface area contributed by atoms with Crippen molar-refractivity contribution in [3.8, 4) is 0 Å². The zero-order valence-corrected chi connectivity index (χ0v) is 14.5. The average Bonchev–Trinajstić information content (AvgIpc) is 3.11. The number of ether oxygens (including phenoxy) is 2. The number of hydrogen-bond donors (Lipinski definition) is 2. The highest BCUT2D eigenvalue weighted by Crippen LogP contribution is 2.16. The van der Waals surface area contributed by atoms with Gasteiger partial charge >= 0.3 is 0 Å². The van der Waals surface area contributed by atoms with Gasteiger partial charge in [0.2, 0.25) is 0 Å². The van der Waals surface area contributed by atoms with Crippen LogP contribution < -0.4 is 10.6 Å². The van der Waals surface area contributed by atoms with Crippen LogP contribution in [0.5, 0.6) is 0 Å². The summed E-state index contributed by atoms with van der Waals surface area (Å²) in [4.78, 5) is 9.88. The van der Waals surface area contributed by atoms with Gasteiger partial charge < -0.3 is 20.1 Å². The first-order valence-corrected chi connectivity index (χ1v) is 8.57. The van der Waals surface area contributed by atoms with E-state index in [-0.39, 0.29) is 6.10 Å². The zero-order valence-electron chi connectivity index (χ0n) is 13.6. The maximum Gasteiger partial charge on any atom is 0.191 e. The van der Waals surface area contributed by atoms with E-state index in [0.29, 0.717) is 13.2 Å². The summed E-state index contributed by atoms with van der Waals surface area (Å²) in [6, 6.07) is 0. The number of aliphatic imine (C=N–C) groups is 1. The molecule has 22 heavy (non-hydrogen) atoms. The van der Waals surface area contributed by atoms with E-state index in [1.165, 1.54) is 4.88 Å². The first-order chi connectivity index (χ1) is 10.7. The number of rotatable bonds is 7. The highest BCUT2D eigenvalue weighted by molar-refractivity contribution is 7.11. The van der Waals surface area contributed by atoms with Gasteiger partial charge in [0.05, 0.1) is 36.6 Å². The molecule has 2 heterocycles. The Bertz CT molecular complexity index is 484. The lowest BCUT2D eigenvalue weighted by Crippen LogP contribution is -2.38. The summed E-state index contributed by atoms with van der Waals surface area (Å²) in [5.41, 5.74) is 1.09. The second-order valence-electron chi connectivity index (χ2n) is 5.30. The van der Waals surface area contributed by atoms with Crippen LogP contribution in [-0.4, -0.2) is 50.5 Å². The fourth-order valence-corrected chi connectivity index (χ4v) is 3.23. The van der Waals surface area contributed by atoms with Crippen molar-refractivity contribution in [2.24, 2.45) is 4.99 Å². The number of hydrogen-bond acceptors (Lipinski definition) is 5. The molecule has 1 aromatic rings. The average molecular weight is 326 g/mol. The Kier molecular flexibility index (Phi) is 7.08. The van der Waals surface area contributed by atoms with Gasteiger partial charge in [-0.05, 0) is 26.7 Å². The van der Waals surface area contributed by atoms with Crippen molar-refractivity contribution >= 4 is 17.3 Å². The molecule has 1 fully saturated rings. The summed E-state index contributed by atoms with van der Waals surface area (Å²) < 4.78 is 11.1. The third kappa shape index (κ3) is 5.55. The van der Waals surface area contributed by atoms with E-state index in [2.05, 4.69) is 20.6 Å². The van der Waals surface area contributed by atoms with Gasteiger partial charge in [0.1, 0.15) is 0 Å². The summed E-state index contributed by atoms with van der Waals surface area (Å²) in [7, 11) is 1.77. The van der Waals surface area contributed by atoms with Crippen LogP contribution in [0.4, 0.5) is 0 Å². The first kappa shape index (κ1) is 17.2. The number of guanidine groups is 1. The fraction of sp³-hybridized carbons (Fsp3) is 0.733. The Morgan fingerprint density at radius 3 is 2.95 bits per heavy atom. The first-order valence-electron chi connectivity index (χ1n) is 7.76. The van der Waals surface area contributed by atoms with E-state index in [0.717, 1.165) is 49.2 Å².